The van der Waals surface area contributed by atoms with Crippen LogP contribution in [-0.2, 0) is 0 Å². The summed E-state index contributed by atoms with van der Waals surface area (Å²) >= 11 is 0. The summed E-state index contributed by atoms with van der Waals surface area (Å²) in [5, 5.41) is 2.75. The molecule has 2 nitrogen and oxygen atoms in total. The van der Waals surface area contributed by atoms with E-state index in [0.717, 1.165) is 12.8 Å². The monoisotopic (exact) mass is 123 g/mol. The summed E-state index contributed by atoms with van der Waals surface area (Å²) in [7, 11) is 1.47. The van der Waals surface area contributed by atoms with Crippen LogP contribution in [0.1, 0.15) is 32.1 Å². The molecular weight excluding hydrogens is 113 g/mol. The van der Waals surface area contributed by atoms with E-state index in [2.05, 4.69) is 5.09 Å². The molecule has 1 saturated carbocycles. The van der Waals surface area contributed by atoms with Crippen molar-refractivity contribution in [3.8, 4) is 0 Å². The SMILES string of the molecule is O=NB=C1CCCCC1. The number of rotatable bonds is 1. The summed E-state index contributed by atoms with van der Waals surface area (Å²) in [4.78, 5) is 9.75. The van der Waals surface area contributed by atoms with Gasteiger partial charge in [-0.1, -0.05) is 0 Å². The van der Waals surface area contributed by atoms with E-state index in [9.17, 15) is 4.91 Å². The molecule has 0 saturated heterocycles. The Kier molecular flexibility index (Phi) is 2.62. The molecule has 0 unspecified atom stereocenters. The van der Waals surface area contributed by atoms with Crippen LogP contribution in [0.25, 0.3) is 0 Å². The molecule has 1 aliphatic rings. The van der Waals surface area contributed by atoms with Gasteiger partial charge in [-0.25, -0.2) is 0 Å². The van der Waals surface area contributed by atoms with Gasteiger partial charge in [0.15, 0.2) is 0 Å². The van der Waals surface area contributed by atoms with Gasteiger partial charge >= 0.3 is 54.6 Å². The third-order valence-electron chi connectivity index (χ3n) is 1.73. The van der Waals surface area contributed by atoms with Crippen LogP contribution in [0, 0.1) is 4.91 Å². The molecule has 9 heavy (non-hydrogen) atoms. The van der Waals surface area contributed by atoms with Crippen molar-refractivity contribution in [3.05, 3.63) is 4.91 Å². The Morgan fingerprint density at radius 1 is 1.22 bits per heavy atom. The van der Waals surface area contributed by atoms with E-state index in [0.29, 0.717) is 0 Å². The summed E-state index contributed by atoms with van der Waals surface area (Å²) in [5.41, 5.74) is 1.23. The van der Waals surface area contributed by atoms with Gasteiger partial charge in [-0.3, -0.25) is 0 Å². The summed E-state index contributed by atoms with van der Waals surface area (Å²) < 4.78 is 0. The normalized spacial score (nSPS) is 18.9. The first kappa shape index (κ1) is 6.65. The molecule has 0 aromatic heterocycles. The van der Waals surface area contributed by atoms with Crippen LogP contribution in [0.4, 0.5) is 0 Å². The molecule has 0 amide bonds. The fourth-order valence-electron chi connectivity index (χ4n) is 1.21. The number of nitroso groups, excluding NO2 is 1. The molecule has 0 aromatic rings. The quantitative estimate of drug-likeness (QED) is 0.383. The Balaban J connectivity index is 2.39. The Labute approximate surface area is 55.6 Å². The molecule has 1 rings (SSSR count). The minimum absolute atomic E-state index is 1.09. The maximum atomic E-state index is 9.75. The van der Waals surface area contributed by atoms with E-state index in [-0.39, 0.29) is 0 Å². The summed E-state index contributed by atoms with van der Waals surface area (Å²) in [6, 6.07) is 0. The van der Waals surface area contributed by atoms with Gasteiger partial charge in [0.2, 0.25) is 0 Å². The molecule has 0 bridgehead atoms. The van der Waals surface area contributed by atoms with E-state index >= 15 is 0 Å². The van der Waals surface area contributed by atoms with Crippen LogP contribution >= 0.6 is 0 Å². The van der Waals surface area contributed by atoms with Crippen molar-refractivity contribution < 1.29 is 0 Å². The predicted molar refractivity (Wildman–Crippen MR) is 39.6 cm³/mol. The third-order valence-corrected chi connectivity index (χ3v) is 1.73. The van der Waals surface area contributed by atoms with E-state index in [4.69, 9.17) is 0 Å². The van der Waals surface area contributed by atoms with Gasteiger partial charge in [0.25, 0.3) is 0 Å². The van der Waals surface area contributed by atoms with E-state index < -0.39 is 0 Å². The Bertz CT molecular complexity index is 125. The van der Waals surface area contributed by atoms with Gasteiger partial charge < -0.3 is 0 Å². The van der Waals surface area contributed by atoms with E-state index in [1.807, 2.05) is 0 Å². The average molecular weight is 123 g/mol. The van der Waals surface area contributed by atoms with E-state index in [1.54, 1.807) is 0 Å². The second-order valence-electron chi connectivity index (χ2n) is 2.45. The number of hydrogen-bond acceptors (Lipinski definition) is 2. The third kappa shape index (κ3) is 2.08. The first-order chi connectivity index (χ1) is 4.43. The Hall–Kier alpha value is -0.465. The maximum absolute atomic E-state index is 9.75. The minimum atomic E-state index is 1.09. The molecule has 0 atom stereocenters. The zero-order valence-electron chi connectivity index (χ0n) is 5.47. The molecular formula is C6H10BNO. The molecule has 0 aromatic carbocycles. The van der Waals surface area contributed by atoms with Gasteiger partial charge in [-0.2, -0.15) is 0 Å². The van der Waals surface area contributed by atoms with Crippen molar-refractivity contribution in [2.75, 3.05) is 0 Å². The topological polar surface area (TPSA) is 29.4 Å². The standard InChI is InChI=1S/C6H10BNO/c9-8-7-6-4-2-1-3-5-6/h1-5H2. The van der Waals surface area contributed by atoms with Crippen LogP contribution in [0.3, 0.4) is 0 Å². The Morgan fingerprint density at radius 3 is 2.44 bits per heavy atom. The fraction of sp³-hybridized carbons (Fsp3) is 0.833. The molecule has 0 heterocycles. The second-order valence-corrected chi connectivity index (χ2v) is 2.45. The van der Waals surface area contributed by atoms with E-state index in [1.165, 1.54) is 31.8 Å². The number of nitrogens with zero attached hydrogens (tertiary/aromatic N) is 1. The van der Waals surface area contributed by atoms with Gasteiger partial charge in [-0.05, 0) is 0 Å². The van der Waals surface area contributed by atoms with Crippen LogP contribution in [-0.4, -0.2) is 12.5 Å². The van der Waals surface area contributed by atoms with Crippen molar-refractivity contribution in [1.82, 2.24) is 0 Å². The molecule has 1 aliphatic carbocycles. The number of hydrogen-bond donors (Lipinski definition) is 0. The molecule has 0 N–H and O–H groups in total. The van der Waals surface area contributed by atoms with Crippen LogP contribution in [0.2, 0.25) is 0 Å². The molecule has 0 spiro atoms. The summed E-state index contributed by atoms with van der Waals surface area (Å²) in [5.74, 6) is 0. The molecule has 0 radical (unpaired) electrons. The average Bonchev–Trinajstić information content (AvgIpc) is 1.91. The van der Waals surface area contributed by atoms with Crippen molar-refractivity contribution in [1.29, 1.82) is 0 Å². The first-order valence-corrected chi connectivity index (χ1v) is 3.44. The first-order valence-electron chi connectivity index (χ1n) is 3.44. The van der Waals surface area contributed by atoms with Crippen molar-refractivity contribution >= 4 is 12.5 Å². The van der Waals surface area contributed by atoms with Crippen LogP contribution < -0.4 is 0 Å². The van der Waals surface area contributed by atoms with Gasteiger partial charge in [0.1, 0.15) is 0 Å². The molecule has 1 fully saturated rings. The van der Waals surface area contributed by atoms with Crippen LogP contribution in [0.5, 0.6) is 0 Å². The van der Waals surface area contributed by atoms with Crippen molar-refractivity contribution in [2.24, 2.45) is 5.09 Å². The second kappa shape index (κ2) is 3.54. The fourth-order valence-corrected chi connectivity index (χ4v) is 1.21. The predicted octanol–water partition coefficient (Wildman–Crippen LogP) is 1.51. The zero-order valence-corrected chi connectivity index (χ0v) is 5.47. The van der Waals surface area contributed by atoms with Crippen LogP contribution in [0.15, 0.2) is 5.09 Å². The van der Waals surface area contributed by atoms with Gasteiger partial charge in [0.05, 0.1) is 0 Å². The zero-order chi connectivity index (χ0) is 6.53. The Morgan fingerprint density at radius 2 is 1.89 bits per heavy atom. The molecule has 3 heteroatoms. The summed E-state index contributed by atoms with van der Waals surface area (Å²) in [6.07, 6.45) is 5.97. The summed E-state index contributed by atoms with van der Waals surface area (Å²) in [6.45, 7) is 0. The molecule has 48 valence electrons. The van der Waals surface area contributed by atoms with Crippen molar-refractivity contribution in [2.45, 2.75) is 32.1 Å². The van der Waals surface area contributed by atoms with Gasteiger partial charge in [0, 0.05) is 0 Å². The molecule has 0 aliphatic heterocycles. The van der Waals surface area contributed by atoms with Gasteiger partial charge in [-0.15, -0.1) is 0 Å². The van der Waals surface area contributed by atoms with Crippen molar-refractivity contribution in [3.63, 3.8) is 0 Å².